The normalized spacial score (nSPS) is 34.2. The second-order valence-electron chi connectivity index (χ2n) is 6.53. The van der Waals surface area contributed by atoms with Gasteiger partial charge in [-0.2, -0.15) is 0 Å². The van der Waals surface area contributed by atoms with Gasteiger partial charge in [-0.25, -0.2) is 0 Å². The minimum absolute atomic E-state index is 0.196. The van der Waals surface area contributed by atoms with Crippen molar-refractivity contribution in [3.63, 3.8) is 0 Å². The number of nitrogens with zero attached hydrogens (tertiary/aromatic N) is 2. The Bertz CT molecular complexity index is 399. The van der Waals surface area contributed by atoms with Crippen LogP contribution in [0.3, 0.4) is 0 Å². The fraction of sp³-hybridized carbons (Fsp3) is 0.867. The first-order valence-corrected chi connectivity index (χ1v) is 7.98. The molecule has 5 nitrogen and oxygen atoms in total. The standard InChI is InChI=1S/C15H25N3O2/c16-13-4-2-1-3-11(13)9-15(20)17-7-8-18-12(10-17)5-6-14(18)19/h11-13H,1-10,16H2. The van der Waals surface area contributed by atoms with Crippen LogP contribution in [0.2, 0.25) is 0 Å². The number of amides is 2. The van der Waals surface area contributed by atoms with Gasteiger partial charge in [0.05, 0.1) is 0 Å². The van der Waals surface area contributed by atoms with E-state index >= 15 is 0 Å². The Morgan fingerprint density at radius 2 is 2.00 bits per heavy atom. The average Bonchev–Trinajstić information content (AvgIpc) is 2.82. The number of hydrogen-bond donors (Lipinski definition) is 1. The van der Waals surface area contributed by atoms with Crippen molar-refractivity contribution in [2.45, 2.75) is 57.0 Å². The van der Waals surface area contributed by atoms with Gasteiger partial charge in [-0.3, -0.25) is 9.59 Å². The summed E-state index contributed by atoms with van der Waals surface area (Å²) in [6.07, 6.45) is 6.72. The number of carbonyl (C=O) groups excluding carboxylic acids is 2. The van der Waals surface area contributed by atoms with E-state index in [2.05, 4.69) is 0 Å². The van der Waals surface area contributed by atoms with Crippen LogP contribution in [-0.2, 0) is 9.59 Å². The fourth-order valence-electron chi connectivity index (χ4n) is 3.93. The third kappa shape index (κ3) is 2.68. The minimum atomic E-state index is 0.196. The van der Waals surface area contributed by atoms with E-state index in [4.69, 9.17) is 5.73 Å². The molecule has 112 valence electrons. The average molecular weight is 279 g/mol. The van der Waals surface area contributed by atoms with Gasteiger partial charge in [0.2, 0.25) is 11.8 Å². The van der Waals surface area contributed by atoms with Crippen LogP contribution in [0, 0.1) is 5.92 Å². The van der Waals surface area contributed by atoms with Gasteiger partial charge in [-0.1, -0.05) is 12.8 Å². The largest absolute Gasteiger partial charge is 0.339 e. The molecule has 3 atom stereocenters. The van der Waals surface area contributed by atoms with E-state index < -0.39 is 0 Å². The van der Waals surface area contributed by atoms with Crippen molar-refractivity contribution in [1.82, 2.24) is 9.80 Å². The maximum atomic E-state index is 12.4. The molecule has 3 rings (SSSR count). The molecule has 0 radical (unpaired) electrons. The summed E-state index contributed by atoms with van der Waals surface area (Å²) >= 11 is 0. The zero-order chi connectivity index (χ0) is 14.1. The lowest BCUT2D eigenvalue weighted by Crippen LogP contribution is -2.53. The number of nitrogens with two attached hydrogens (primary N) is 1. The Hall–Kier alpha value is -1.10. The van der Waals surface area contributed by atoms with Gasteiger partial charge in [0.1, 0.15) is 0 Å². The van der Waals surface area contributed by atoms with Crippen molar-refractivity contribution >= 4 is 11.8 Å². The first-order chi connectivity index (χ1) is 9.65. The molecule has 2 aliphatic heterocycles. The summed E-state index contributed by atoms with van der Waals surface area (Å²) in [5.74, 6) is 0.863. The van der Waals surface area contributed by atoms with Gasteiger partial charge in [0, 0.05) is 44.6 Å². The molecule has 2 N–H and O–H groups in total. The van der Waals surface area contributed by atoms with Crippen LogP contribution in [0.25, 0.3) is 0 Å². The maximum Gasteiger partial charge on any atom is 0.223 e. The Balaban J connectivity index is 1.54. The Morgan fingerprint density at radius 3 is 2.80 bits per heavy atom. The van der Waals surface area contributed by atoms with Crippen molar-refractivity contribution in [2.75, 3.05) is 19.6 Å². The molecular weight excluding hydrogens is 254 g/mol. The predicted molar refractivity (Wildman–Crippen MR) is 75.9 cm³/mol. The highest BCUT2D eigenvalue weighted by molar-refractivity contribution is 5.80. The van der Waals surface area contributed by atoms with E-state index in [1.54, 1.807) is 0 Å². The summed E-state index contributed by atoms with van der Waals surface area (Å²) in [5, 5.41) is 0. The minimum Gasteiger partial charge on any atom is -0.339 e. The van der Waals surface area contributed by atoms with Crippen LogP contribution < -0.4 is 5.73 Å². The third-order valence-corrected chi connectivity index (χ3v) is 5.25. The number of rotatable bonds is 2. The van der Waals surface area contributed by atoms with Crippen LogP contribution in [0.1, 0.15) is 44.9 Å². The third-order valence-electron chi connectivity index (χ3n) is 5.25. The predicted octanol–water partition coefficient (Wildman–Crippen LogP) is 0.727. The van der Waals surface area contributed by atoms with E-state index in [9.17, 15) is 9.59 Å². The van der Waals surface area contributed by atoms with Gasteiger partial charge < -0.3 is 15.5 Å². The van der Waals surface area contributed by atoms with Crippen LogP contribution in [0.4, 0.5) is 0 Å². The van der Waals surface area contributed by atoms with Gasteiger partial charge in [-0.05, 0) is 25.2 Å². The highest BCUT2D eigenvalue weighted by atomic mass is 16.2. The van der Waals surface area contributed by atoms with E-state index in [0.29, 0.717) is 31.8 Å². The molecule has 2 saturated heterocycles. The lowest BCUT2D eigenvalue weighted by molar-refractivity contribution is -0.139. The molecule has 0 spiro atoms. The molecule has 0 bridgehead atoms. The van der Waals surface area contributed by atoms with Crippen molar-refractivity contribution in [1.29, 1.82) is 0 Å². The Labute approximate surface area is 120 Å². The van der Waals surface area contributed by atoms with Crippen molar-refractivity contribution in [3.05, 3.63) is 0 Å². The summed E-state index contributed by atoms with van der Waals surface area (Å²) < 4.78 is 0. The molecule has 0 aromatic carbocycles. The quantitative estimate of drug-likeness (QED) is 0.810. The Kier molecular flexibility index (Phi) is 3.96. The number of hydrogen-bond acceptors (Lipinski definition) is 3. The molecule has 3 fully saturated rings. The molecule has 3 unspecified atom stereocenters. The molecule has 20 heavy (non-hydrogen) atoms. The smallest absolute Gasteiger partial charge is 0.223 e. The monoisotopic (exact) mass is 279 g/mol. The summed E-state index contributed by atoms with van der Waals surface area (Å²) in [4.78, 5) is 28.0. The van der Waals surface area contributed by atoms with E-state index in [1.807, 2.05) is 9.80 Å². The molecular formula is C15H25N3O2. The zero-order valence-electron chi connectivity index (χ0n) is 12.1. The number of carbonyl (C=O) groups is 2. The Morgan fingerprint density at radius 1 is 1.20 bits per heavy atom. The summed E-state index contributed by atoms with van der Waals surface area (Å²) in [7, 11) is 0. The van der Waals surface area contributed by atoms with E-state index in [-0.39, 0.29) is 23.9 Å². The number of fused-ring (bicyclic) bond motifs is 1. The van der Waals surface area contributed by atoms with Crippen LogP contribution in [-0.4, -0.2) is 53.3 Å². The highest BCUT2D eigenvalue weighted by Gasteiger charge is 2.37. The molecule has 2 amide bonds. The van der Waals surface area contributed by atoms with Gasteiger partial charge in [0.25, 0.3) is 0 Å². The second kappa shape index (κ2) is 5.72. The van der Waals surface area contributed by atoms with E-state index in [0.717, 1.165) is 25.8 Å². The SMILES string of the molecule is NC1CCCCC1CC(=O)N1CCN2C(=O)CCC2C1. The van der Waals surface area contributed by atoms with Crippen molar-refractivity contribution < 1.29 is 9.59 Å². The lowest BCUT2D eigenvalue weighted by atomic mass is 9.82. The molecule has 5 heteroatoms. The molecule has 0 aromatic heterocycles. The molecule has 1 saturated carbocycles. The molecule has 1 aliphatic carbocycles. The highest BCUT2D eigenvalue weighted by Crippen LogP contribution is 2.28. The van der Waals surface area contributed by atoms with Gasteiger partial charge >= 0.3 is 0 Å². The molecule has 0 aromatic rings. The first kappa shape index (κ1) is 13.9. The van der Waals surface area contributed by atoms with Crippen LogP contribution in [0.5, 0.6) is 0 Å². The fourth-order valence-corrected chi connectivity index (χ4v) is 3.93. The topological polar surface area (TPSA) is 66.6 Å². The maximum absolute atomic E-state index is 12.4. The van der Waals surface area contributed by atoms with Gasteiger partial charge in [-0.15, -0.1) is 0 Å². The zero-order valence-corrected chi connectivity index (χ0v) is 12.1. The summed E-state index contributed by atoms with van der Waals surface area (Å²) in [5.41, 5.74) is 6.14. The summed E-state index contributed by atoms with van der Waals surface area (Å²) in [6, 6.07) is 0.460. The van der Waals surface area contributed by atoms with Crippen LogP contribution >= 0.6 is 0 Å². The second-order valence-corrected chi connectivity index (χ2v) is 6.53. The lowest BCUT2D eigenvalue weighted by Gasteiger charge is -2.38. The molecule has 3 aliphatic rings. The van der Waals surface area contributed by atoms with Crippen molar-refractivity contribution in [2.24, 2.45) is 11.7 Å². The summed E-state index contributed by atoms with van der Waals surface area (Å²) in [6.45, 7) is 2.14. The number of piperazine rings is 1. The molecule has 2 heterocycles. The van der Waals surface area contributed by atoms with E-state index in [1.165, 1.54) is 12.8 Å². The van der Waals surface area contributed by atoms with Crippen LogP contribution in [0.15, 0.2) is 0 Å². The first-order valence-electron chi connectivity index (χ1n) is 7.98. The van der Waals surface area contributed by atoms with Gasteiger partial charge in [0.15, 0.2) is 0 Å². The van der Waals surface area contributed by atoms with Crippen molar-refractivity contribution in [3.8, 4) is 0 Å².